The summed E-state index contributed by atoms with van der Waals surface area (Å²) in [5.74, 6) is 1.79. The van der Waals surface area contributed by atoms with Crippen molar-refractivity contribution < 1.29 is 0 Å². The molecule has 0 radical (unpaired) electrons. The van der Waals surface area contributed by atoms with Gasteiger partial charge in [-0.25, -0.2) is 4.98 Å². The van der Waals surface area contributed by atoms with E-state index in [4.69, 9.17) is 15.0 Å². The topological polar surface area (TPSA) is 48.5 Å². The van der Waals surface area contributed by atoms with E-state index in [2.05, 4.69) is 234 Å². The molecule has 0 N–H and O–H groups in total. The van der Waals surface area contributed by atoms with E-state index in [0.29, 0.717) is 17.6 Å². The fraction of sp³-hybridized carbons (Fsp3) is 0. The first-order chi connectivity index (χ1) is 33.7. The van der Waals surface area contributed by atoms with Crippen molar-refractivity contribution in [2.75, 3.05) is 0 Å². The largest absolute Gasteiger partial charge is 0.309 e. The fourth-order valence-corrected chi connectivity index (χ4v) is 9.90. The second-order valence-corrected chi connectivity index (χ2v) is 17.2. The molecule has 68 heavy (non-hydrogen) atoms. The van der Waals surface area contributed by atoms with Crippen LogP contribution in [0, 0.1) is 0 Å². The van der Waals surface area contributed by atoms with Crippen LogP contribution in [-0.2, 0) is 0 Å². The van der Waals surface area contributed by atoms with Gasteiger partial charge in [0.05, 0.1) is 27.8 Å². The first-order valence-corrected chi connectivity index (χ1v) is 23.0. The van der Waals surface area contributed by atoms with Crippen molar-refractivity contribution in [3.05, 3.63) is 249 Å². The predicted octanol–water partition coefficient (Wildman–Crippen LogP) is 16.1. The van der Waals surface area contributed by atoms with Crippen LogP contribution in [0.1, 0.15) is 0 Å². The maximum absolute atomic E-state index is 5.31. The van der Waals surface area contributed by atoms with Crippen molar-refractivity contribution in [1.82, 2.24) is 24.1 Å². The molecule has 0 aliphatic rings. The highest BCUT2D eigenvalue weighted by molar-refractivity contribution is 6.19. The molecule has 5 heteroatoms. The van der Waals surface area contributed by atoms with E-state index in [9.17, 15) is 0 Å². The zero-order valence-corrected chi connectivity index (χ0v) is 36.9. The average Bonchev–Trinajstić information content (AvgIpc) is 3.93. The van der Waals surface area contributed by atoms with Gasteiger partial charge in [0, 0.05) is 38.2 Å². The summed E-state index contributed by atoms with van der Waals surface area (Å²) in [6.45, 7) is 0. The predicted molar refractivity (Wildman–Crippen MR) is 281 cm³/mol. The van der Waals surface area contributed by atoms with E-state index in [1.807, 2.05) is 24.3 Å². The zero-order valence-electron chi connectivity index (χ0n) is 36.9. The van der Waals surface area contributed by atoms with E-state index in [1.165, 1.54) is 16.7 Å². The molecular formula is C63H41N5. The average molecular weight is 868 g/mol. The molecule has 0 fully saturated rings. The molecule has 0 saturated heterocycles. The second-order valence-electron chi connectivity index (χ2n) is 17.2. The highest BCUT2D eigenvalue weighted by Gasteiger charge is 2.23. The Hall–Kier alpha value is -9.19. The summed E-state index contributed by atoms with van der Waals surface area (Å²) < 4.78 is 4.69. The van der Waals surface area contributed by atoms with E-state index in [0.717, 1.165) is 88.2 Å². The second kappa shape index (κ2) is 16.4. The first kappa shape index (κ1) is 39.2. The Morgan fingerprint density at radius 1 is 0.235 bits per heavy atom. The zero-order chi connectivity index (χ0) is 45.0. The molecule has 0 spiro atoms. The molecular weight excluding hydrogens is 827 g/mol. The third-order valence-corrected chi connectivity index (χ3v) is 13.2. The molecule has 5 nitrogen and oxygen atoms in total. The summed E-state index contributed by atoms with van der Waals surface area (Å²) in [7, 11) is 0. The fourth-order valence-electron chi connectivity index (χ4n) is 9.90. The minimum Gasteiger partial charge on any atom is -0.309 e. The van der Waals surface area contributed by atoms with Gasteiger partial charge in [-0.05, 0) is 69.3 Å². The minimum absolute atomic E-state index is 0.562. The number of benzene rings is 10. The Morgan fingerprint density at radius 2 is 0.603 bits per heavy atom. The summed E-state index contributed by atoms with van der Waals surface area (Å²) in [6, 6.07) is 88.4. The lowest BCUT2D eigenvalue weighted by Gasteiger charge is -2.17. The van der Waals surface area contributed by atoms with Gasteiger partial charge in [-0.1, -0.05) is 218 Å². The lowest BCUT2D eigenvalue weighted by atomic mass is 9.96. The van der Waals surface area contributed by atoms with E-state index >= 15 is 0 Å². The molecule has 0 aliphatic heterocycles. The van der Waals surface area contributed by atoms with E-state index < -0.39 is 0 Å². The van der Waals surface area contributed by atoms with Crippen LogP contribution in [0.3, 0.4) is 0 Å². The van der Waals surface area contributed by atoms with Gasteiger partial charge in [0.25, 0.3) is 0 Å². The molecule has 3 heterocycles. The molecule has 0 saturated carbocycles. The summed E-state index contributed by atoms with van der Waals surface area (Å²) in [5.41, 5.74) is 16.6. The quantitative estimate of drug-likeness (QED) is 0.153. The van der Waals surface area contributed by atoms with Gasteiger partial charge in [-0.15, -0.1) is 0 Å². The Kier molecular flexibility index (Phi) is 9.43. The molecule has 0 bridgehead atoms. The first-order valence-electron chi connectivity index (χ1n) is 23.0. The maximum atomic E-state index is 5.31. The van der Waals surface area contributed by atoms with Crippen molar-refractivity contribution in [1.29, 1.82) is 0 Å². The third-order valence-electron chi connectivity index (χ3n) is 13.2. The Bertz CT molecular complexity index is 3970. The summed E-state index contributed by atoms with van der Waals surface area (Å²) in [6.07, 6.45) is 0. The summed E-state index contributed by atoms with van der Waals surface area (Å²) in [4.78, 5) is 15.7. The van der Waals surface area contributed by atoms with Crippen molar-refractivity contribution in [3.63, 3.8) is 0 Å². The van der Waals surface area contributed by atoms with Crippen molar-refractivity contribution in [2.45, 2.75) is 0 Å². The van der Waals surface area contributed by atoms with E-state index in [-0.39, 0.29) is 0 Å². The maximum Gasteiger partial charge on any atom is 0.238 e. The highest BCUT2D eigenvalue weighted by Crippen LogP contribution is 2.42. The highest BCUT2D eigenvalue weighted by atomic mass is 15.2. The normalized spacial score (nSPS) is 11.5. The minimum atomic E-state index is 0.562. The lowest BCUT2D eigenvalue weighted by molar-refractivity contribution is 0.954. The van der Waals surface area contributed by atoms with Gasteiger partial charge in [-0.2, -0.15) is 9.97 Å². The van der Waals surface area contributed by atoms with Gasteiger partial charge in [0.2, 0.25) is 5.95 Å². The van der Waals surface area contributed by atoms with Crippen LogP contribution < -0.4 is 0 Å². The molecule has 0 aliphatic carbocycles. The Morgan fingerprint density at radius 3 is 1.13 bits per heavy atom. The number of aromatic nitrogens is 5. The Labute approximate surface area is 393 Å². The monoisotopic (exact) mass is 867 g/mol. The lowest BCUT2D eigenvalue weighted by Crippen LogP contribution is -2.06. The number of fused-ring (bicyclic) bond motifs is 6. The molecule has 0 atom stereocenters. The molecule has 10 aromatic carbocycles. The van der Waals surface area contributed by atoms with Crippen molar-refractivity contribution in [3.8, 4) is 78.9 Å². The van der Waals surface area contributed by atoms with Gasteiger partial charge in [-0.3, -0.25) is 4.57 Å². The number of rotatable bonds is 8. The summed E-state index contributed by atoms with van der Waals surface area (Å²) in [5, 5.41) is 4.53. The SMILES string of the molecule is c1ccc(-c2ccc(-c3nc(-c4ccccc4)nc(-n4c5ccccc5c5cc6c(cc54)c4ccccc4n6-c4cc(-c5ccccc5)ccc4-c4ccc(-c5ccccc5)cc4)n3)cc2)cc1. The van der Waals surface area contributed by atoms with Gasteiger partial charge in [0.15, 0.2) is 11.6 Å². The van der Waals surface area contributed by atoms with Crippen LogP contribution in [-0.4, -0.2) is 24.1 Å². The van der Waals surface area contributed by atoms with Crippen molar-refractivity contribution >= 4 is 43.6 Å². The van der Waals surface area contributed by atoms with Gasteiger partial charge >= 0.3 is 0 Å². The summed E-state index contributed by atoms with van der Waals surface area (Å²) >= 11 is 0. The van der Waals surface area contributed by atoms with Crippen LogP contribution in [0.2, 0.25) is 0 Å². The van der Waals surface area contributed by atoms with Crippen LogP contribution >= 0.6 is 0 Å². The number of hydrogen-bond acceptors (Lipinski definition) is 3. The van der Waals surface area contributed by atoms with Crippen molar-refractivity contribution in [2.24, 2.45) is 0 Å². The molecule has 13 rings (SSSR count). The number of hydrogen-bond donors (Lipinski definition) is 0. The molecule has 0 unspecified atom stereocenters. The van der Waals surface area contributed by atoms with Gasteiger partial charge < -0.3 is 4.57 Å². The van der Waals surface area contributed by atoms with Crippen LogP contribution in [0.15, 0.2) is 249 Å². The smallest absolute Gasteiger partial charge is 0.238 e. The Balaban J connectivity index is 1.04. The van der Waals surface area contributed by atoms with Gasteiger partial charge in [0.1, 0.15) is 0 Å². The number of nitrogens with zero attached hydrogens (tertiary/aromatic N) is 5. The molecule has 13 aromatic rings. The molecule has 0 amide bonds. The van der Waals surface area contributed by atoms with E-state index in [1.54, 1.807) is 0 Å². The van der Waals surface area contributed by atoms with Crippen LogP contribution in [0.5, 0.6) is 0 Å². The number of para-hydroxylation sites is 2. The third kappa shape index (κ3) is 6.76. The molecule has 318 valence electrons. The standard InChI is InChI=1S/C63H41N5/c1-5-17-42(18-6-1)45-29-33-47(34-30-45)51-38-37-50(44-21-9-3-10-22-44)39-58(51)67-56-27-15-13-25-52(56)54-41-60-55(40-59(54)67)53-26-14-16-28-57(53)68(60)63-65-61(48-23-11-4-12-24-48)64-62(66-63)49-35-31-46(32-36-49)43-19-7-2-8-20-43/h1-41H. The van der Waals surface area contributed by atoms with Crippen LogP contribution in [0.4, 0.5) is 0 Å². The van der Waals surface area contributed by atoms with Crippen LogP contribution in [0.25, 0.3) is 123 Å². The molecule has 3 aromatic heterocycles.